The maximum Gasteiger partial charge on any atom is 0.125 e. The monoisotopic (exact) mass is 326 g/mol. The minimum absolute atomic E-state index is 0.0676. The van der Waals surface area contributed by atoms with Gasteiger partial charge in [-0.2, -0.15) is 0 Å². The van der Waals surface area contributed by atoms with Gasteiger partial charge in [-0.3, -0.25) is 0 Å². The summed E-state index contributed by atoms with van der Waals surface area (Å²) in [7, 11) is 0. The number of halogens is 2. The smallest absolute Gasteiger partial charge is 0.125 e. The zero-order valence-electron chi connectivity index (χ0n) is 11.4. The van der Waals surface area contributed by atoms with Crippen molar-refractivity contribution in [3.63, 3.8) is 0 Å². The van der Waals surface area contributed by atoms with E-state index in [0.29, 0.717) is 10.0 Å². The number of nitrogens with two attached hydrogens (primary N) is 1. The van der Waals surface area contributed by atoms with Crippen molar-refractivity contribution < 1.29 is 0 Å². The Hall–Kier alpha value is -0.610. The van der Waals surface area contributed by atoms with Crippen LogP contribution in [0.4, 0.5) is 0 Å². The molecule has 0 spiro atoms. The van der Waals surface area contributed by atoms with Gasteiger partial charge in [0.05, 0.1) is 15.7 Å². The molecule has 2 N–H and O–H groups in total. The van der Waals surface area contributed by atoms with Crippen LogP contribution in [0.3, 0.4) is 0 Å². The Balaban J connectivity index is 2.08. The predicted octanol–water partition coefficient (Wildman–Crippen LogP) is 5.09. The number of benzene rings is 1. The maximum absolute atomic E-state index is 6.29. The fourth-order valence-electron chi connectivity index (χ4n) is 2.78. The Labute approximate surface area is 132 Å². The minimum Gasteiger partial charge on any atom is -0.323 e. The van der Waals surface area contributed by atoms with Crippen LogP contribution in [0.2, 0.25) is 10.0 Å². The zero-order chi connectivity index (χ0) is 14.5. The third kappa shape index (κ3) is 2.48. The van der Waals surface area contributed by atoms with E-state index in [1.54, 1.807) is 17.4 Å². The summed E-state index contributed by atoms with van der Waals surface area (Å²) in [5, 5.41) is 2.03. The summed E-state index contributed by atoms with van der Waals surface area (Å²) in [6.45, 7) is 4.47. The quantitative estimate of drug-likeness (QED) is 0.792. The van der Waals surface area contributed by atoms with Gasteiger partial charge in [-0.25, -0.2) is 4.98 Å². The van der Waals surface area contributed by atoms with Crippen molar-refractivity contribution in [1.82, 2.24) is 4.98 Å². The molecule has 2 aromatic rings. The van der Waals surface area contributed by atoms with E-state index < -0.39 is 0 Å². The van der Waals surface area contributed by atoms with Crippen molar-refractivity contribution >= 4 is 34.5 Å². The first kappa shape index (κ1) is 14.3. The van der Waals surface area contributed by atoms with Crippen molar-refractivity contribution in [2.45, 2.75) is 32.7 Å². The van der Waals surface area contributed by atoms with Crippen LogP contribution in [0.5, 0.6) is 0 Å². The summed E-state index contributed by atoms with van der Waals surface area (Å²) in [4.78, 5) is 5.95. The first-order chi connectivity index (χ1) is 9.37. The Bertz CT molecular complexity index is 664. The van der Waals surface area contributed by atoms with Crippen molar-refractivity contribution in [2.75, 3.05) is 0 Å². The van der Waals surface area contributed by atoms with E-state index in [0.717, 1.165) is 29.1 Å². The average molecular weight is 327 g/mol. The third-order valence-corrected chi connectivity index (χ3v) is 5.75. The molecule has 1 aromatic heterocycles. The van der Waals surface area contributed by atoms with Crippen LogP contribution in [0.15, 0.2) is 18.2 Å². The molecule has 0 radical (unpaired) electrons. The molecule has 106 valence electrons. The number of nitrogens with zero attached hydrogens (tertiary/aromatic N) is 1. The Morgan fingerprint density at radius 2 is 2.10 bits per heavy atom. The molecule has 0 saturated carbocycles. The molecule has 0 bridgehead atoms. The number of rotatable bonds is 1. The Morgan fingerprint density at radius 1 is 1.35 bits per heavy atom. The number of fused-ring (bicyclic) bond motifs is 1. The van der Waals surface area contributed by atoms with Crippen LogP contribution >= 0.6 is 34.5 Å². The lowest BCUT2D eigenvalue weighted by atomic mass is 9.77. The van der Waals surface area contributed by atoms with Crippen molar-refractivity contribution in [2.24, 2.45) is 11.1 Å². The number of thiazole rings is 1. The number of aromatic nitrogens is 1. The first-order valence-electron chi connectivity index (χ1n) is 6.57. The molecule has 2 nitrogen and oxygen atoms in total. The van der Waals surface area contributed by atoms with Crippen molar-refractivity contribution in [3.05, 3.63) is 38.8 Å². The van der Waals surface area contributed by atoms with Gasteiger partial charge in [0.15, 0.2) is 0 Å². The summed E-state index contributed by atoms with van der Waals surface area (Å²) in [5.41, 5.74) is 8.50. The molecule has 0 amide bonds. The van der Waals surface area contributed by atoms with Gasteiger partial charge >= 0.3 is 0 Å². The highest BCUT2D eigenvalue weighted by molar-refractivity contribution is 7.15. The van der Waals surface area contributed by atoms with Crippen LogP contribution in [-0.2, 0) is 6.42 Å². The van der Waals surface area contributed by atoms with Gasteiger partial charge in [0.1, 0.15) is 5.01 Å². The molecule has 5 heteroatoms. The Kier molecular flexibility index (Phi) is 3.57. The van der Waals surface area contributed by atoms with E-state index in [1.807, 2.05) is 12.1 Å². The molecule has 1 unspecified atom stereocenters. The number of hydrogen-bond acceptors (Lipinski definition) is 3. The van der Waals surface area contributed by atoms with Crippen LogP contribution in [0, 0.1) is 5.41 Å². The van der Waals surface area contributed by atoms with Gasteiger partial charge in [0.25, 0.3) is 0 Å². The lowest BCUT2D eigenvalue weighted by molar-refractivity contribution is 0.282. The Morgan fingerprint density at radius 3 is 2.85 bits per heavy atom. The molecular formula is C15H16Cl2N2S. The van der Waals surface area contributed by atoms with Crippen LogP contribution in [0.25, 0.3) is 10.6 Å². The van der Waals surface area contributed by atoms with E-state index in [9.17, 15) is 0 Å². The summed E-state index contributed by atoms with van der Waals surface area (Å²) in [6, 6.07) is 5.71. The van der Waals surface area contributed by atoms with Gasteiger partial charge in [-0.15, -0.1) is 11.3 Å². The van der Waals surface area contributed by atoms with Gasteiger partial charge in [0.2, 0.25) is 0 Å². The molecule has 0 saturated heterocycles. The van der Waals surface area contributed by atoms with Crippen molar-refractivity contribution in [3.8, 4) is 10.6 Å². The minimum atomic E-state index is 0.0676. The highest BCUT2D eigenvalue weighted by atomic mass is 35.5. The van der Waals surface area contributed by atoms with E-state index >= 15 is 0 Å². The molecule has 1 aliphatic rings. The largest absolute Gasteiger partial charge is 0.323 e. The molecule has 1 aliphatic carbocycles. The summed E-state index contributed by atoms with van der Waals surface area (Å²) in [6.07, 6.45) is 1.95. The summed E-state index contributed by atoms with van der Waals surface area (Å²) < 4.78 is 0. The highest BCUT2D eigenvalue weighted by Crippen LogP contribution is 2.45. The average Bonchev–Trinajstić information content (AvgIpc) is 2.75. The lowest BCUT2D eigenvalue weighted by Crippen LogP contribution is -2.28. The molecule has 3 rings (SSSR count). The first-order valence-corrected chi connectivity index (χ1v) is 8.14. The summed E-state index contributed by atoms with van der Waals surface area (Å²) in [5.74, 6) is 0. The number of hydrogen-bond donors (Lipinski definition) is 1. The SMILES string of the molecule is CC1(C)Cc2nc(-c3cccc(Cl)c3Cl)sc2C(N)C1. The highest BCUT2D eigenvalue weighted by Gasteiger charge is 2.33. The van der Waals surface area contributed by atoms with Gasteiger partial charge in [0, 0.05) is 16.5 Å². The van der Waals surface area contributed by atoms with E-state index in [1.165, 1.54) is 4.88 Å². The second-order valence-electron chi connectivity index (χ2n) is 6.08. The van der Waals surface area contributed by atoms with Crippen molar-refractivity contribution in [1.29, 1.82) is 0 Å². The second-order valence-corrected chi connectivity index (χ2v) is 7.90. The fourth-order valence-corrected chi connectivity index (χ4v) is 4.34. The van der Waals surface area contributed by atoms with E-state index in [2.05, 4.69) is 13.8 Å². The third-order valence-electron chi connectivity index (χ3n) is 3.66. The molecule has 1 heterocycles. The van der Waals surface area contributed by atoms with E-state index in [-0.39, 0.29) is 11.5 Å². The maximum atomic E-state index is 6.29. The van der Waals surface area contributed by atoms with Crippen LogP contribution in [0.1, 0.15) is 36.9 Å². The van der Waals surface area contributed by atoms with Gasteiger partial charge in [-0.1, -0.05) is 49.2 Å². The van der Waals surface area contributed by atoms with Gasteiger partial charge in [-0.05, 0) is 24.3 Å². The molecule has 20 heavy (non-hydrogen) atoms. The lowest BCUT2D eigenvalue weighted by Gasteiger charge is -2.32. The van der Waals surface area contributed by atoms with Crippen LogP contribution < -0.4 is 5.73 Å². The standard InChI is InChI=1S/C15H16Cl2N2S/c1-15(2)6-10(18)13-11(7-15)19-14(20-13)8-4-3-5-9(16)12(8)17/h3-5,10H,6-7,18H2,1-2H3. The molecule has 0 aliphatic heterocycles. The fraction of sp³-hybridized carbons (Fsp3) is 0.400. The topological polar surface area (TPSA) is 38.9 Å². The summed E-state index contributed by atoms with van der Waals surface area (Å²) >= 11 is 14.0. The molecular weight excluding hydrogens is 311 g/mol. The van der Waals surface area contributed by atoms with Gasteiger partial charge < -0.3 is 5.73 Å². The van der Waals surface area contributed by atoms with E-state index in [4.69, 9.17) is 33.9 Å². The van der Waals surface area contributed by atoms with Crippen LogP contribution in [-0.4, -0.2) is 4.98 Å². The molecule has 0 fully saturated rings. The normalized spacial score (nSPS) is 20.8. The second kappa shape index (κ2) is 4.99. The zero-order valence-corrected chi connectivity index (χ0v) is 13.7. The molecule has 1 aromatic carbocycles. The molecule has 1 atom stereocenters. The predicted molar refractivity (Wildman–Crippen MR) is 86.6 cm³/mol.